The van der Waals surface area contributed by atoms with Gasteiger partial charge in [0.05, 0.1) is 17.2 Å². The van der Waals surface area contributed by atoms with E-state index in [-0.39, 0.29) is 23.4 Å². The minimum absolute atomic E-state index is 0.114. The van der Waals surface area contributed by atoms with Crippen LogP contribution in [-0.2, 0) is 15.2 Å². The molecule has 100 valence electrons. The van der Waals surface area contributed by atoms with E-state index in [2.05, 4.69) is 15.9 Å². The van der Waals surface area contributed by atoms with Gasteiger partial charge in [-0.15, -0.1) is 0 Å². The van der Waals surface area contributed by atoms with Crippen molar-refractivity contribution in [1.82, 2.24) is 0 Å². The lowest BCUT2D eigenvalue weighted by molar-refractivity contribution is 0.596. The highest BCUT2D eigenvalue weighted by Gasteiger charge is 2.31. The van der Waals surface area contributed by atoms with Gasteiger partial charge in [0.15, 0.2) is 9.84 Å². The van der Waals surface area contributed by atoms with Gasteiger partial charge in [-0.2, -0.15) is 0 Å². The van der Waals surface area contributed by atoms with Gasteiger partial charge < -0.3 is 4.90 Å². The molecule has 1 saturated heterocycles. The van der Waals surface area contributed by atoms with Gasteiger partial charge in [0.25, 0.3) is 0 Å². The van der Waals surface area contributed by atoms with Crippen LogP contribution in [0.4, 0.5) is 10.1 Å². The first kappa shape index (κ1) is 13.8. The number of rotatable bonds is 3. The summed E-state index contributed by atoms with van der Waals surface area (Å²) >= 11 is 3.27. The largest absolute Gasteiger partial charge is 0.368 e. The molecule has 3 nitrogen and oxygen atoms in total. The lowest BCUT2D eigenvalue weighted by Gasteiger charge is -2.26. The Hall–Kier alpha value is -0.620. The van der Waals surface area contributed by atoms with Crippen LogP contribution in [-0.4, -0.2) is 33.0 Å². The SMILES string of the molecule is CN(c1ccc(CBr)cc1F)C1CCS(=O)(=O)C1. The van der Waals surface area contributed by atoms with Gasteiger partial charge in [0, 0.05) is 18.4 Å². The maximum atomic E-state index is 13.9. The number of halogens is 2. The van der Waals surface area contributed by atoms with Crippen LogP contribution in [0.25, 0.3) is 0 Å². The highest BCUT2D eigenvalue weighted by Crippen LogP contribution is 2.26. The summed E-state index contributed by atoms with van der Waals surface area (Å²) < 4.78 is 36.8. The lowest BCUT2D eigenvalue weighted by atomic mass is 10.1. The molecule has 0 aromatic heterocycles. The monoisotopic (exact) mass is 335 g/mol. The van der Waals surface area contributed by atoms with Crippen LogP contribution in [0.2, 0.25) is 0 Å². The Balaban J connectivity index is 2.21. The van der Waals surface area contributed by atoms with E-state index in [9.17, 15) is 12.8 Å². The van der Waals surface area contributed by atoms with E-state index in [1.807, 2.05) is 6.07 Å². The molecule has 0 amide bonds. The molecule has 0 saturated carbocycles. The van der Waals surface area contributed by atoms with Gasteiger partial charge in [0.2, 0.25) is 0 Å². The average Bonchev–Trinajstić information content (AvgIpc) is 2.68. The van der Waals surface area contributed by atoms with Crippen molar-refractivity contribution in [3.63, 3.8) is 0 Å². The van der Waals surface area contributed by atoms with Gasteiger partial charge in [-0.3, -0.25) is 0 Å². The molecule has 1 aromatic carbocycles. The standard InChI is InChI=1S/C12H15BrFNO2S/c1-15(10-4-5-18(16,17)8-10)12-3-2-9(7-13)6-11(12)14/h2-3,6,10H,4-5,7-8H2,1H3. The topological polar surface area (TPSA) is 37.4 Å². The molecule has 0 aliphatic carbocycles. The van der Waals surface area contributed by atoms with E-state index in [4.69, 9.17) is 0 Å². The zero-order valence-electron chi connectivity index (χ0n) is 10.1. The van der Waals surface area contributed by atoms with Crippen molar-refractivity contribution < 1.29 is 12.8 Å². The Kier molecular flexibility index (Phi) is 3.96. The van der Waals surface area contributed by atoms with E-state index in [1.54, 1.807) is 18.0 Å². The molecule has 2 rings (SSSR count). The zero-order valence-corrected chi connectivity index (χ0v) is 12.5. The van der Waals surface area contributed by atoms with Crippen LogP contribution in [0.1, 0.15) is 12.0 Å². The van der Waals surface area contributed by atoms with Gasteiger partial charge in [-0.25, -0.2) is 12.8 Å². The van der Waals surface area contributed by atoms with Gasteiger partial charge in [0.1, 0.15) is 5.82 Å². The second-order valence-corrected chi connectivity index (χ2v) is 7.38. The minimum Gasteiger partial charge on any atom is -0.368 e. The van der Waals surface area contributed by atoms with Crippen LogP contribution < -0.4 is 4.90 Å². The third kappa shape index (κ3) is 2.85. The van der Waals surface area contributed by atoms with Crippen molar-refractivity contribution in [2.45, 2.75) is 17.8 Å². The molecule has 1 heterocycles. The number of sulfone groups is 1. The summed E-state index contributed by atoms with van der Waals surface area (Å²) in [6.45, 7) is 0. The quantitative estimate of drug-likeness (QED) is 0.795. The maximum Gasteiger partial charge on any atom is 0.152 e. The van der Waals surface area contributed by atoms with Crippen LogP contribution in [0.3, 0.4) is 0 Å². The van der Waals surface area contributed by atoms with E-state index in [1.165, 1.54) is 6.07 Å². The van der Waals surface area contributed by atoms with Crippen molar-refractivity contribution in [1.29, 1.82) is 0 Å². The highest BCUT2D eigenvalue weighted by molar-refractivity contribution is 9.08. The summed E-state index contributed by atoms with van der Waals surface area (Å²) in [5.74, 6) is 0.00504. The van der Waals surface area contributed by atoms with Gasteiger partial charge >= 0.3 is 0 Å². The molecule has 1 fully saturated rings. The molecule has 1 aliphatic heterocycles. The van der Waals surface area contributed by atoms with Crippen molar-refractivity contribution >= 4 is 31.5 Å². The third-order valence-corrected chi connectivity index (χ3v) is 5.70. The summed E-state index contributed by atoms with van der Waals surface area (Å²) in [5.41, 5.74) is 1.32. The third-order valence-electron chi connectivity index (χ3n) is 3.30. The van der Waals surface area contributed by atoms with E-state index in [0.29, 0.717) is 17.4 Å². The summed E-state index contributed by atoms with van der Waals surface area (Å²) in [5, 5.41) is 0.603. The second-order valence-electron chi connectivity index (χ2n) is 4.59. The number of hydrogen-bond donors (Lipinski definition) is 0. The van der Waals surface area contributed by atoms with E-state index >= 15 is 0 Å². The first-order chi connectivity index (χ1) is 8.43. The van der Waals surface area contributed by atoms with E-state index < -0.39 is 9.84 Å². The predicted octanol–water partition coefficient (Wildman–Crippen LogP) is 2.34. The molecule has 0 spiro atoms. The Morgan fingerprint density at radius 2 is 2.22 bits per heavy atom. The number of nitrogens with zero attached hydrogens (tertiary/aromatic N) is 1. The summed E-state index contributed by atoms with van der Waals surface area (Å²) in [6.07, 6.45) is 0.568. The fourth-order valence-corrected chi connectivity index (χ4v) is 4.32. The Morgan fingerprint density at radius 1 is 1.50 bits per heavy atom. The molecular weight excluding hydrogens is 321 g/mol. The van der Waals surface area contributed by atoms with Gasteiger partial charge in [-0.1, -0.05) is 22.0 Å². The maximum absolute atomic E-state index is 13.9. The van der Waals surface area contributed by atoms with Crippen molar-refractivity contribution in [2.75, 3.05) is 23.5 Å². The average molecular weight is 336 g/mol. The molecule has 1 unspecified atom stereocenters. The first-order valence-corrected chi connectivity index (χ1v) is 8.65. The van der Waals surface area contributed by atoms with Gasteiger partial charge in [-0.05, 0) is 24.1 Å². The molecule has 18 heavy (non-hydrogen) atoms. The normalized spacial score (nSPS) is 22.1. The van der Waals surface area contributed by atoms with Crippen LogP contribution >= 0.6 is 15.9 Å². The minimum atomic E-state index is -2.95. The number of benzene rings is 1. The lowest BCUT2D eigenvalue weighted by Crippen LogP contribution is -2.33. The number of hydrogen-bond acceptors (Lipinski definition) is 3. The Bertz CT molecular complexity index is 547. The predicted molar refractivity (Wildman–Crippen MR) is 74.5 cm³/mol. The van der Waals surface area contributed by atoms with Crippen LogP contribution in [0.15, 0.2) is 18.2 Å². The molecule has 1 aromatic rings. The van der Waals surface area contributed by atoms with E-state index in [0.717, 1.165) is 5.56 Å². The second kappa shape index (κ2) is 5.17. The molecule has 0 N–H and O–H groups in total. The fourth-order valence-electron chi connectivity index (χ4n) is 2.20. The molecule has 1 aliphatic rings. The summed E-state index contributed by atoms with van der Waals surface area (Å²) in [7, 11) is -1.20. The molecule has 1 atom stereocenters. The summed E-state index contributed by atoms with van der Waals surface area (Å²) in [6, 6.07) is 4.90. The van der Waals surface area contributed by atoms with Crippen LogP contribution in [0.5, 0.6) is 0 Å². The van der Waals surface area contributed by atoms with Crippen LogP contribution in [0, 0.1) is 5.82 Å². The Morgan fingerprint density at radius 3 is 2.72 bits per heavy atom. The number of alkyl halides is 1. The smallest absolute Gasteiger partial charge is 0.152 e. The molecule has 0 radical (unpaired) electrons. The zero-order chi connectivity index (χ0) is 13.3. The number of anilines is 1. The molecule has 0 bridgehead atoms. The molecule has 6 heteroatoms. The summed E-state index contributed by atoms with van der Waals surface area (Å²) in [4.78, 5) is 1.73. The van der Waals surface area contributed by atoms with Crippen molar-refractivity contribution in [3.8, 4) is 0 Å². The Labute approximate surface area is 115 Å². The fraction of sp³-hybridized carbons (Fsp3) is 0.500. The first-order valence-electron chi connectivity index (χ1n) is 5.70. The van der Waals surface area contributed by atoms with Crippen molar-refractivity contribution in [2.24, 2.45) is 0 Å². The molecular formula is C12H15BrFNO2S. The highest BCUT2D eigenvalue weighted by atomic mass is 79.9. The van der Waals surface area contributed by atoms with Crippen molar-refractivity contribution in [3.05, 3.63) is 29.6 Å².